The Balaban J connectivity index is 2.00. The summed E-state index contributed by atoms with van der Waals surface area (Å²) in [7, 11) is 0. The molecule has 82 valence electrons. The molecule has 15 heavy (non-hydrogen) atoms. The van der Waals surface area contributed by atoms with Crippen LogP contribution in [0.2, 0.25) is 0 Å². The summed E-state index contributed by atoms with van der Waals surface area (Å²) in [6, 6.07) is 0. The molecule has 0 atom stereocenters. The molecule has 2 heterocycles. The van der Waals surface area contributed by atoms with Gasteiger partial charge in [0.25, 0.3) is 0 Å². The topological polar surface area (TPSA) is 86.8 Å². The van der Waals surface area contributed by atoms with Gasteiger partial charge in [0.2, 0.25) is 0 Å². The molecule has 0 bridgehead atoms. The molecule has 1 aromatic heterocycles. The maximum absolute atomic E-state index is 10.7. The zero-order chi connectivity index (χ0) is 11.1. The van der Waals surface area contributed by atoms with E-state index in [0.717, 1.165) is 0 Å². The summed E-state index contributed by atoms with van der Waals surface area (Å²) >= 11 is 0. The number of hydrogen-bond acceptors (Lipinski definition) is 5. The molecule has 6 heteroatoms. The van der Waals surface area contributed by atoms with E-state index in [2.05, 4.69) is 5.16 Å². The zero-order valence-corrected chi connectivity index (χ0v) is 8.30. The number of carboxylic acid groups (broad SMARTS) is 1. The Morgan fingerprint density at radius 2 is 2.40 bits per heavy atom. The average molecular weight is 212 g/mol. The van der Waals surface area contributed by atoms with Crippen molar-refractivity contribution in [3.63, 3.8) is 0 Å². The highest BCUT2D eigenvalue weighted by molar-refractivity contribution is 5.88. The Morgan fingerprint density at radius 3 is 2.93 bits per heavy atom. The van der Waals surface area contributed by atoms with Gasteiger partial charge in [-0.25, -0.2) is 4.79 Å². The van der Waals surface area contributed by atoms with Crippen LogP contribution < -0.4 is 0 Å². The van der Waals surface area contributed by atoms with Crippen LogP contribution in [-0.2, 0) is 6.54 Å². The van der Waals surface area contributed by atoms with E-state index in [-0.39, 0.29) is 5.56 Å². The van der Waals surface area contributed by atoms with Gasteiger partial charge in [-0.2, -0.15) is 0 Å². The first-order valence-corrected chi connectivity index (χ1v) is 4.59. The van der Waals surface area contributed by atoms with E-state index >= 15 is 0 Å². The molecule has 6 nitrogen and oxygen atoms in total. The van der Waals surface area contributed by atoms with Crippen LogP contribution in [0.5, 0.6) is 0 Å². The highest BCUT2D eigenvalue weighted by Gasteiger charge is 2.37. The summed E-state index contributed by atoms with van der Waals surface area (Å²) in [5.41, 5.74) is -0.579. The van der Waals surface area contributed by atoms with Crippen molar-refractivity contribution in [1.29, 1.82) is 0 Å². The molecule has 0 radical (unpaired) electrons. The van der Waals surface area contributed by atoms with Crippen LogP contribution in [0, 0.1) is 0 Å². The molecule has 2 rings (SSSR count). The van der Waals surface area contributed by atoms with E-state index in [9.17, 15) is 9.90 Å². The lowest BCUT2D eigenvalue weighted by Crippen LogP contribution is -2.59. The lowest BCUT2D eigenvalue weighted by Gasteiger charge is -2.43. The normalized spacial score (nSPS) is 19.9. The summed E-state index contributed by atoms with van der Waals surface area (Å²) in [6.07, 6.45) is 1.19. The predicted molar refractivity (Wildman–Crippen MR) is 49.4 cm³/mol. The Kier molecular flexibility index (Phi) is 2.24. The molecule has 0 unspecified atom stereocenters. The van der Waals surface area contributed by atoms with Gasteiger partial charge in [-0.15, -0.1) is 0 Å². The highest BCUT2D eigenvalue weighted by Crippen LogP contribution is 2.23. The van der Waals surface area contributed by atoms with Crippen LogP contribution in [0.4, 0.5) is 0 Å². The number of aromatic nitrogens is 1. The molecule has 1 aromatic rings. The third-order valence-electron chi connectivity index (χ3n) is 2.37. The first kappa shape index (κ1) is 10.1. The second kappa shape index (κ2) is 3.32. The predicted octanol–water partition coefficient (Wildman–Crippen LogP) is -0.0606. The maximum atomic E-state index is 10.7. The van der Waals surface area contributed by atoms with Crippen LogP contribution in [0.1, 0.15) is 23.0 Å². The monoisotopic (exact) mass is 212 g/mol. The summed E-state index contributed by atoms with van der Waals surface area (Å²) in [5, 5.41) is 21.7. The molecule has 0 saturated carbocycles. The molecule has 0 aromatic carbocycles. The Morgan fingerprint density at radius 1 is 1.73 bits per heavy atom. The van der Waals surface area contributed by atoms with Crippen LogP contribution in [0.15, 0.2) is 10.7 Å². The molecule has 2 N–H and O–H groups in total. The van der Waals surface area contributed by atoms with E-state index in [0.29, 0.717) is 25.4 Å². The minimum Gasteiger partial charge on any atom is -0.478 e. The lowest BCUT2D eigenvalue weighted by atomic mass is 9.97. The van der Waals surface area contributed by atoms with Gasteiger partial charge >= 0.3 is 5.97 Å². The van der Waals surface area contributed by atoms with Gasteiger partial charge in [-0.3, -0.25) is 4.90 Å². The number of nitrogens with zero attached hydrogens (tertiary/aromatic N) is 2. The van der Waals surface area contributed by atoms with E-state index in [1.807, 2.05) is 4.90 Å². The SMILES string of the molecule is CC1(O)CN(Cc2oncc2C(=O)O)C1. The van der Waals surface area contributed by atoms with Gasteiger partial charge in [-0.1, -0.05) is 5.16 Å². The molecule has 1 saturated heterocycles. The van der Waals surface area contributed by atoms with Crippen LogP contribution in [-0.4, -0.2) is 44.9 Å². The van der Waals surface area contributed by atoms with Gasteiger partial charge in [0, 0.05) is 13.1 Å². The number of likely N-dealkylation sites (tertiary alicyclic amines) is 1. The van der Waals surface area contributed by atoms with Crippen LogP contribution >= 0.6 is 0 Å². The Labute approximate surface area is 86.1 Å². The number of rotatable bonds is 3. The molecule has 0 amide bonds. The van der Waals surface area contributed by atoms with Gasteiger partial charge < -0.3 is 14.7 Å². The van der Waals surface area contributed by atoms with Gasteiger partial charge in [-0.05, 0) is 6.92 Å². The van der Waals surface area contributed by atoms with Gasteiger partial charge in [0.1, 0.15) is 5.56 Å². The third kappa shape index (κ3) is 2.00. The van der Waals surface area contributed by atoms with Crippen molar-refractivity contribution in [2.75, 3.05) is 13.1 Å². The molecule has 1 aliphatic heterocycles. The maximum Gasteiger partial charge on any atom is 0.341 e. The number of carboxylic acids is 1. The molecular weight excluding hydrogens is 200 g/mol. The van der Waals surface area contributed by atoms with Crippen molar-refractivity contribution in [2.45, 2.75) is 19.1 Å². The van der Waals surface area contributed by atoms with Gasteiger partial charge in [0.05, 0.1) is 18.3 Å². The Hall–Kier alpha value is -1.40. The first-order chi connectivity index (χ1) is 6.98. The van der Waals surface area contributed by atoms with Crippen molar-refractivity contribution in [2.24, 2.45) is 0 Å². The van der Waals surface area contributed by atoms with E-state index in [1.165, 1.54) is 6.20 Å². The number of hydrogen-bond donors (Lipinski definition) is 2. The average Bonchev–Trinajstić information content (AvgIpc) is 2.48. The number of carbonyl (C=O) groups is 1. The summed E-state index contributed by atoms with van der Waals surface area (Å²) in [5.74, 6) is -0.712. The summed E-state index contributed by atoms with van der Waals surface area (Å²) in [4.78, 5) is 12.6. The summed E-state index contributed by atoms with van der Waals surface area (Å²) < 4.78 is 4.85. The highest BCUT2D eigenvalue weighted by atomic mass is 16.5. The van der Waals surface area contributed by atoms with Crippen molar-refractivity contribution in [1.82, 2.24) is 10.1 Å². The van der Waals surface area contributed by atoms with E-state index < -0.39 is 11.6 Å². The molecule has 1 aliphatic rings. The quantitative estimate of drug-likeness (QED) is 0.729. The third-order valence-corrected chi connectivity index (χ3v) is 2.37. The smallest absolute Gasteiger partial charge is 0.341 e. The van der Waals surface area contributed by atoms with Crippen LogP contribution in [0.25, 0.3) is 0 Å². The first-order valence-electron chi connectivity index (χ1n) is 4.59. The standard InChI is InChI=1S/C9H12N2O4/c1-9(14)4-11(5-9)3-7-6(8(12)13)2-10-15-7/h2,14H,3-5H2,1H3,(H,12,13). The zero-order valence-electron chi connectivity index (χ0n) is 8.30. The fraction of sp³-hybridized carbons (Fsp3) is 0.556. The van der Waals surface area contributed by atoms with Gasteiger partial charge in [0.15, 0.2) is 5.76 Å². The van der Waals surface area contributed by atoms with Crippen molar-refractivity contribution in [3.05, 3.63) is 17.5 Å². The minimum absolute atomic E-state index is 0.0848. The molecule has 0 spiro atoms. The second-order valence-corrected chi connectivity index (χ2v) is 4.11. The molecular formula is C9H12N2O4. The van der Waals surface area contributed by atoms with E-state index in [4.69, 9.17) is 9.63 Å². The summed E-state index contributed by atoms with van der Waals surface area (Å²) in [6.45, 7) is 3.15. The number of aromatic carboxylic acids is 1. The molecule has 1 fully saturated rings. The number of aliphatic hydroxyl groups is 1. The minimum atomic E-state index is -1.04. The van der Waals surface area contributed by atoms with Crippen LogP contribution in [0.3, 0.4) is 0 Å². The van der Waals surface area contributed by atoms with Crippen molar-refractivity contribution < 1.29 is 19.5 Å². The second-order valence-electron chi connectivity index (χ2n) is 4.11. The molecule has 0 aliphatic carbocycles. The lowest BCUT2D eigenvalue weighted by molar-refractivity contribution is -0.0896. The van der Waals surface area contributed by atoms with Crippen molar-refractivity contribution >= 4 is 5.97 Å². The number of β-amino-alcohol motifs (C(OH)–C–C–N with tert-alkyl or cyclic N) is 1. The Bertz CT molecular complexity index is 377. The van der Waals surface area contributed by atoms with Crippen molar-refractivity contribution in [3.8, 4) is 0 Å². The van der Waals surface area contributed by atoms with E-state index in [1.54, 1.807) is 6.92 Å². The fourth-order valence-electron chi connectivity index (χ4n) is 1.78. The fourth-order valence-corrected chi connectivity index (χ4v) is 1.78. The largest absolute Gasteiger partial charge is 0.478 e.